The van der Waals surface area contributed by atoms with Gasteiger partial charge in [0.05, 0.1) is 10.7 Å². The molecule has 0 saturated carbocycles. The van der Waals surface area contributed by atoms with Gasteiger partial charge in [-0.3, -0.25) is 9.59 Å². The van der Waals surface area contributed by atoms with E-state index in [-0.39, 0.29) is 28.8 Å². The molecular weight excluding hydrogens is 358 g/mol. The van der Waals surface area contributed by atoms with Crippen molar-refractivity contribution in [2.75, 3.05) is 17.2 Å². The van der Waals surface area contributed by atoms with Gasteiger partial charge in [0.1, 0.15) is 11.5 Å². The second kappa shape index (κ2) is 6.94. The summed E-state index contributed by atoms with van der Waals surface area (Å²) in [5.74, 6) is -0.510. The number of alkyl halides is 2. The fourth-order valence-electron chi connectivity index (χ4n) is 2.20. The summed E-state index contributed by atoms with van der Waals surface area (Å²) in [7, 11) is 0. The lowest BCUT2D eigenvalue weighted by Crippen LogP contribution is -2.25. The van der Waals surface area contributed by atoms with Crippen molar-refractivity contribution in [1.82, 2.24) is 0 Å². The highest BCUT2D eigenvalue weighted by molar-refractivity contribution is 6.32. The smallest absolute Gasteiger partial charge is 0.387 e. The molecule has 2 aromatic carbocycles. The van der Waals surface area contributed by atoms with Crippen molar-refractivity contribution in [1.29, 1.82) is 0 Å². The maximum Gasteiger partial charge on any atom is 0.387 e. The maximum atomic E-state index is 12.3. The molecule has 1 aliphatic heterocycles. The van der Waals surface area contributed by atoms with Crippen LogP contribution < -0.4 is 20.1 Å². The van der Waals surface area contributed by atoms with Gasteiger partial charge in [0.25, 0.3) is 11.8 Å². The highest BCUT2D eigenvalue weighted by Gasteiger charge is 2.18. The summed E-state index contributed by atoms with van der Waals surface area (Å²) < 4.78 is 33.9. The van der Waals surface area contributed by atoms with E-state index in [1.807, 2.05) is 0 Å². The first-order valence-corrected chi connectivity index (χ1v) is 7.42. The van der Waals surface area contributed by atoms with E-state index < -0.39 is 12.5 Å². The predicted octanol–water partition coefficient (Wildman–Crippen LogP) is 3.52. The molecule has 6 nitrogen and oxygen atoms in total. The molecule has 2 amide bonds. The minimum Gasteiger partial charge on any atom is -0.482 e. The number of benzene rings is 2. The van der Waals surface area contributed by atoms with Gasteiger partial charge in [0, 0.05) is 11.3 Å². The lowest BCUT2D eigenvalue weighted by atomic mass is 10.1. The van der Waals surface area contributed by atoms with Crippen LogP contribution in [0.25, 0.3) is 0 Å². The molecule has 0 fully saturated rings. The number of anilines is 2. The van der Waals surface area contributed by atoms with Crippen molar-refractivity contribution in [3.05, 3.63) is 47.0 Å². The van der Waals surface area contributed by atoms with Gasteiger partial charge in [-0.2, -0.15) is 8.78 Å². The van der Waals surface area contributed by atoms with Crippen molar-refractivity contribution in [3.63, 3.8) is 0 Å². The molecule has 0 aromatic heterocycles. The zero-order valence-electron chi connectivity index (χ0n) is 12.5. The van der Waals surface area contributed by atoms with Gasteiger partial charge < -0.3 is 20.1 Å². The van der Waals surface area contributed by atoms with Gasteiger partial charge in [-0.15, -0.1) is 0 Å². The molecule has 0 radical (unpaired) electrons. The van der Waals surface area contributed by atoms with Crippen LogP contribution >= 0.6 is 11.6 Å². The molecule has 0 spiro atoms. The Kier molecular flexibility index (Phi) is 4.71. The number of carbonyl (C=O) groups is 2. The molecule has 0 unspecified atom stereocenters. The minimum atomic E-state index is -2.99. The van der Waals surface area contributed by atoms with E-state index in [4.69, 9.17) is 16.3 Å². The second-order valence-corrected chi connectivity index (χ2v) is 5.43. The van der Waals surface area contributed by atoms with Crippen LogP contribution in [0.15, 0.2) is 36.4 Å². The first kappa shape index (κ1) is 17.0. The molecule has 0 atom stereocenters. The molecular formula is C16H11ClF2N2O4. The Balaban J connectivity index is 1.75. The Labute approximate surface area is 145 Å². The first-order chi connectivity index (χ1) is 11.9. The van der Waals surface area contributed by atoms with Crippen LogP contribution in [0.1, 0.15) is 10.4 Å². The summed E-state index contributed by atoms with van der Waals surface area (Å²) in [6.45, 7) is -3.07. The van der Waals surface area contributed by atoms with E-state index >= 15 is 0 Å². The monoisotopic (exact) mass is 368 g/mol. The Morgan fingerprint density at radius 2 is 2.08 bits per heavy atom. The molecule has 9 heteroatoms. The molecule has 0 aliphatic carbocycles. The number of hydrogen-bond donors (Lipinski definition) is 2. The summed E-state index contributed by atoms with van der Waals surface area (Å²) in [4.78, 5) is 23.6. The van der Waals surface area contributed by atoms with E-state index in [2.05, 4.69) is 15.4 Å². The van der Waals surface area contributed by atoms with E-state index in [1.54, 1.807) is 6.07 Å². The zero-order valence-corrected chi connectivity index (χ0v) is 13.3. The molecule has 1 aliphatic rings. The average molecular weight is 369 g/mol. The second-order valence-electron chi connectivity index (χ2n) is 5.03. The topological polar surface area (TPSA) is 76.7 Å². The Morgan fingerprint density at radius 1 is 1.28 bits per heavy atom. The maximum absolute atomic E-state index is 12.3. The standard InChI is InChI=1S/C16H11ClF2N2O4/c17-10-6-9(2-4-12(10)25-16(18)19)20-15(23)8-1-3-13-11(5-8)21-14(22)7-24-13/h1-6,16H,7H2,(H,20,23)(H,21,22). The third kappa shape index (κ3) is 3.97. The molecule has 3 rings (SSSR count). The van der Waals surface area contributed by atoms with Crippen LogP contribution in [-0.4, -0.2) is 25.0 Å². The Hall–Kier alpha value is -2.87. The number of nitrogens with one attached hydrogen (secondary N) is 2. The largest absolute Gasteiger partial charge is 0.482 e. The summed E-state index contributed by atoms with van der Waals surface area (Å²) in [6, 6.07) is 8.46. The molecule has 130 valence electrons. The molecule has 25 heavy (non-hydrogen) atoms. The number of rotatable bonds is 4. The summed E-state index contributed by atoms with van der Waals surface area (Å²) in [6.07, 6.45) is 0. The fraction of sp³-hybridized carbons (Fsp3) is 0.125. The van der Waals surface area contributed by atoms with Crippen molar-refractivity contribution < 1.29 is 27.8 Å². The summed E-state index contributed by atoms with van der Waals surface area (Å²) in [5.41, 5.74) is 0.964. The van der Waals surface area contributed by atoms with E-state index in [0.717, 1.165) is 0 Å². The van der Waals surface area contributed by atoms with Crippen molar-refractivity contribution in [2.45, 2.75) is 6.61 Å². The average Bonchev–Trinajstić information content (AvgIpc) is 2.56. The highest BCUT2D eigenvalue weighted by atomic mass is 35.5. The lowest BCUT2D eigenvalue weighted by Gasteiger charge is -2.18. The fourth-order valence-corrected chi connectivity index (χ4v) is 2.42. The van der Waals surface area contributed by atoms with Crippen LogP contribution in [0.3, 0.4) is 0 Å². The van der Waals surface area contributed by atoms with Crippen LogP contribution in [-0.2, 0) is 4.79 Å². The van der Waals surface area contributed by atoms with Gasteiger partial charge in [-0.25, -0.2) is 0 Å². The van der Waals surface area contributed by atoms with Crippen LogP contribution in [0.2, 0.25) is 5.02 Å². The number of fused-ring (bicyclic) bond motifs is 1. The zero-order chi connectivity index (χ0) is 18.0. The van der Waals surface area contributed by atoms with Crippen LogP contribution in [0.5, 0.6) is 11.5 Å². The minimum absolute atomic E-state index is 0.0656. The van der Waals surface area contributed by atoms with Crippen molar-refractivity contribution >= 4 is 34.8 Å². The molecule has 2 aromatic rings. The van der Waals surface area contributed by atoms with Gasteiger partial charge in [-0.1, -0.05) is 11.6 Å². The SMILES string of the molecule is O=C1COc2ccc(C(=O)Nc3ccc(OC(F)F)c(Cl)c3)cc2N1. The third-order valence-corrected chi connectivity index (χ3v) is 3.58. The van der Waals surface area contributed by atoms with Crippen molar-refractivity contribution in [2.24, 2.45) is 0 Å². The number of hydrogen-bond acceptors (Lipinski definition) is 4. The van der Waals surface area contributed by atoms with Gasteiger partial charge >= 0.3 is 6.61 Å². The molecule has 0 bridgehead atoms. The van der Waals surface area contributed by atoms with Crippen LogP contribution in [0, 0.1) is 0 Å². The predicted molar refractivity (Wildman–Crippen MR) is 86.6 cm³/mol. The van der Waals surface area contributed by atoms with Gasteiger partial charge in [0.2, 0.25) is 0 Å². The Bertz CT molecular complexity index is 845. The summed E-state index contributed by atoms with van der Waals surface area (Å²) >= 11 is 5.84. The quantitative estimate of drug-likeness (QED) is 0.865. The van der Waals surface area contributed by atoms with Crippen molar-refractivity contribution in [3.8, 4) is 11.5 Å². The molecule has 1 heterocycles. The number of ether oxygens (including phenoxy) is 2. The third-order valence-electron chi connectivity index (χ3n) is 3.28. The van der Waals surface area contributed by atoms with E-state index in [0.29, 0.717) is 17.1 Å². The summed E-state index contributed by atoms with van der Waals surface area (Å²) in [5, 5.41) is 5.11. The highest BCUT2D eigenvalue weighted by Crippen LogP contribution is 2.31. The number of halogens is 3. The number of carbonyl (C=O) groups excluding carboxylic acids is 2. The Morgan fingerprint density at radius 3 is 2.80 bits per heavy atom. The van der Waals surface area contributed by atoms with E-state index in [9.17, 15) is 18.4 Å². The first-order valence-electron chi connectivity index (χ1n) is 7.05. The van der Waals surface area contributed by atoms with Gasteiger partial charge in [0.15, 0.2) is 6.61 Å². The molecule has 0 saturated heterocycles. The number of amides is 2. The normalized spacial score (nSPS) is 12.9. The molecule has 2 N–H and O–H groups in total. The van der Waals surface area contributed by atoms with Gasteiger partial charge in [-0.05, 0) is 36.4 Å². The van der Waals surface area contributed by atoms with E-state index in [1.165, 1.54) is 30.3 Å². The lowest BCUT2D eigenvalue weighted by molar-refractivity contribution is -0.118. The van der Waals surface area contributed by atoms with Crippen LogP contribution in [0.4, 0.5) is 20.2 Å².